The van der Waals surface area contributed by atoms with E-state index < -0.39 is 0 Å². The predicted octanol–water partition coefficient (Wildman–Crippen LogP) is 4.37. The Bertz CT molecular complexity index is 1190. The van der Waals surface area contributed by atoms with Crippen LogP contribution in [0.4, 0.5) is 0 Å². The second-order valence-corrected chi connectivity index (χ2v) is 11.9. The number of hydrogen-bond donors (Lipinski definition) is 1. The van der Waals surface area contributed by atoms with Gasteiger partial charge in [0.2, 0.25) is 11.8 Å². The predicted molar refractivity (Wildman–Crippen MR) is 147 cm³/mol. The fraction of sp³-hybridized carbons (Fsp3) is 0.433. The summed E-state index contributed by atoms with van der Waals surface area (Å²) < 4.78 is 0. The molecular formula is C30H35N3O3S. The Morgan fingerprint density at radius 1 is 1.00 bits per heavy atom. The third kappa shape index (κ3) is 5.77. The number of thioether (sulfide) groups is 1. The summed E-state index contributed by atoms with van der Waals surface area (Å²) in [6, 6.07) is 18.3. The first kappa shape index (κ1) is 25.6. The molecule has 3 unspecified atom stereocenters. The maximum atomic E-state index is 13.8. The Kier molecular flexibility index (Phi) is 7.70. The van der Waals surface area contributed by atoms with Crippen LogP contribution in [0.1, 0.15) is 48.8 Å². The van der Waals surface area contributed by atoms with E-state index in [1.54, 1.807) is 11.8 Å². The molecule has 3 aliphatic rings. The van der Waals surface area contributed by atoms with Crippen molar-refractivity contribution in [3.05, 3.63) is 76.2 Å². The van der Waals surface area contributed by atoms with Gasteiger partial charge in [-0.15, -0.1) is 11.8 Å². The number of carbonyl (C=O) groups is 3. The number of piperidine rings is 1. The molecule has 0 radical (unpaired) electrons. The van der Waals surface area contributed by atoms with Crippen molar-refractivity contribution in [2.75, 3.05) is 13.1 Å². The van der Waals surface area contributed by atoms with Crippen molar-refractivity contribution in [3.8, 4) is 0 Å². The summed E-state index contributed by atoms with van der Waals surface area (Å²) in [6.45, 7) is 3.78. The van der Waals surface area contributed by atoms with Crippen molar-refractivity contribution in [1.29, 1.82) is 0 Å². The van der Waals surface area contributed by atoms with Crippen molar-refractivity contribution in [3.63, 3.8) is 0 Å². The van der Waals surface area contributed by atoms with Gasteiger partial charge in [0.1, 0.15) is 0 Å². The van der Waals surface area contributed by atoms with Crippen LogP contribution in [-0.4, -0.2) is 51.9 Å². The van der Waals surface area contributed by atoms with Crippen LogP contribution < -0.4 is 5.73 Å². The molecule has 2 saturated heterocycles. The lowest BCUT2D eigenvalue weighted by Gasteiger charge is -2.47. The number of nitrogens with two attached hydrogens (primary N) is 1. The first-order valence-corrected chi connectivity index (χ1v) is 14.1. The molecule has 194 valence electrons. The van der Waals surface area contributed by atoms with Crippen LogP contribution in [0.2, 0.25) is 0 Å². The minimum Gasteiger partial charge on any atom is -0.369 e. The van der Waals surface area contributed by atoms with E-state index in [1.807, 2.05) is 52.3 Å². The van der Waals surface area contributed by atoms with Crippen LogP contribution in [0.5, 0.6) is 0 Å². The van der Waals surface area contributed by atoms with Gasteiger partial charge in [0.15, 0.2) is 0 Å². The first-order chi connectivity index (χ1) is 17.9. The third-order valence-electron chi connectivity index (χ3n) is 8.00. The topological polar surface area (TPSA) is 83.7 Å². The zero-order valence-electron chi connectivity index (χ0n) is 21.3. The number of rotatable bonds is 5. The first-order valence-electron chi connectivity index (χ1n) is 13.3. The lowest BCUT2D eigenvalue weighted by molar-refractivity contribution is -0.141. The van der Waals surface area contributed by atoms with E-state index in [1.165, 1.54) is 5.56 Å². The number of carbonyl (C=O) groups excluding carboxylic acids is 3. The quantitative estimate of drug-likeness (QED) is 0.597. The molecule has 5 rings (SSSR count). The number of nitrogens with zero attached hydrogens (tertiary/aromatic N) is 2. The number of amides is 3. The van der Waals surface area contributed by atoms with Crippen molar-refractivity contribution in [2.45, 2.75) is 56.9 Å². The second-order valence-electron chi connectivity index (χ2n) is 10.6. The van der Waals surface area contributed by atoms with Gasteiger partial charge in [-0.1, -0.05) is 60.2 Å². The van der Waals surface area contributed by atoms with Crippen LogP contribution in [0.25, 0.3) is 6.08 Å². The van der Waals surface area contributed by atoms with Gasteiger partial charge in [-0.2, -0.15) is 0 Å². The highest BCUT2D eigenvalue weighted by atomic mass is 32.2. The number of fused-ring (bicyclic) bond motifs is 1. The van der Waals surface area contributed by atoms with Crippen molar-refractivity contribution in [1.82, 2.24) is 9.80 Å². The van der Waals surface area contributed by atoms with Crippen molar-refractivity contribution >= 4 is 35.6 Å². The molecule has 2 N–H and O–H groups in total. The molecule has 2 aromatic carbocycles. The Labute approximate surface area is 223 Å². The summed E-state index contributed by atoms with van der Waals surface area (Å²) in [7, 11) is 0. The van der Waals surface area contributed by atoms with Gasteiger partial charge in [-0.3, -0.25) is 14.4 Å². The highest BCUT2D eigenvalue weighted by molar-refractivity contribution is 8.04. The van der Waals surface area contributed by atoms with E-state index >= 15 is 0 Å². The molecule has 6 nitrogen and oxygen atoms in total. The minimum absolute atomic E-state index is 0.0109. The van der Waals surface area contributed by atoms with Crippen LogP contribution in [0, 0.1) is 18.8 Å². The molecule has 0 aromatic heterocycles. The second kappa shape index (κ2) is 11.1. The van der Waals surface area contributed by atoms with Crippen molar-refractivity contribution in [2.24, 2.45) is 17.6 Å². The van der Waals surface area contributed by atoms with E-state index in [2.05, 4.69) is 25.1 Å². The zero-order chi connectivity index (χ0) is 25.9. The van der Waals surface area contributed by atoms with Gasteiger partial charge in [-0.25, -0.2) is 0 Å². The Morgan fingerprint density at radius 3 is 2.46 bits per heavy atom. The third-order valence-corrected chi connectivity index (χ3v) is 9.40. The summed E-state index contributed by atoms with van der Waals surface area (Å²) in [6.07, 6.45) is 5.69. The highest BCUT2D eigenvalue weighted by Gasteiger charge is 2.45. The average molecular weight is 518 g/mol. The van der Waals surface area contributed by atoms with Crippen LogP contribution in [-0.2, 0) is 20.9 Å². The van der Waals surface area contributed by atoms with E-state index in [4.69, 9.17) is 5.73 Å². The summed E-state index contributed by atoms with van der Waals surface area (Å²) in [4.78, 5) is 43.6. The number of likely N-dealkylation sites (tertiary alicyclic amines) is 1. The molecule has 1 saturated carbocycles. The van der Waals surface area contributed by atoms with Gasteiger partial charge in [0.05, 0.1) is 4.91 Å². The van der Waals surface area contributed by atoms with E-state index in [-0.39, 0.29) is 40.8 Å². The lowest BCUT2D eigenvalue weighted by Crippen LogP contribution is -2.54. The smallest absolute Gasteiger partial charge is 0.260 e. The summed E-state index contributed by atoms with van der Waals surface area (Å²) >= 11 is 1.68. The van der Waals surface area contributed by atoms with E-state index in [0.717, 1.165) is 28.9 Å². The Balaban J connectivity index is 1.36. The number of hydrogen-bond acceptors (Lipinski definition) is 4. The summed E-state index contributed by atoms with van der Waals surface area (Å²) in [5.74, 6) is -0.283. The molecule has 1 aliphatic carbocycles. The standard InChI is InChI=1S/C30H35N3O3S/c1-20-6-5-9-22(16-20)19-33-25-18-24(29(35)32-14-12-23(13-15-32)28(31)34)10-11-26(25)37-27(30(33)36)17-21-7-3-2-4-8-21/h2-9,16-17,23-26H,10-15,18-19H2,1H3,(H2,31,34)/b27-17-. The maximum Gasteiger partial charge on any atom is 0.260 e. The Morgan fingerprint density at radius 2 is 1.76 bits per heavy atom. The van der Waals surface area contributed by atoms with E-state index in [0.29, 0.717) is 38.9 Å². The molecular weight excluding hydrogens is 482 g/mol. The molecule has 3 fully saturated rings. The zero-order valence-corrected chi connectivity index (χ0v) is 22.2. The average Bonchev–Trinajstić information content (AvgIpc) is 2.91. The lowest BCUT2D eigenvalue weighted by atomic mass is 9.82. The molecule has 2 aromatic rings. The molecule has 2 heterocycles. The van der Waals surface area contributed by atoms with Crippen LogP contribution in [0.15, 0.2) is 59.5 Å². The monoisotopic (exact) mass is 517 g/mol. The largest absolute Gasteiger partial charge is 0.369 e. The minimum atomic E-state index is -0.267. The maximum absolute atomic E-state index is 13.8. The SMILES string of the molecule is Cc1cccc(CN2C(=O)/C(=C/c3ccccc3)SC3CCC(C(=O)N4CCC(C(N)=O)CC4)CC32)c1. The van der Waals surface area contributed by atoms with Gasteiger partial charge in [0, 0.05) is 42.8 Å². The molecule has 0 bridgehead atoms. The Hall–Kier alpha value is -3.06. The van der Waals surface area contributed by atoms with Gasteiger partial charge in [0.25, 0.3) is 5.91 Å². The highest BCUT2D eigenvalue weighted by Crippen LogP contribution is 2.45. The fourth-order valence-electron chi connectivity index (χ4n) is 5.95. The molecule has 2 aliphatic heterocycles. The number of aryl methyl sites for hydroxylation is 1. The fourth-order valence-corrected chi connectivity index (χ4v) is 7.37. The van der Waals surface area contributed by atoms with Crippen LogP contribution >= 0.6 is 11.8 Å². The number of benzene rings is 2. The normalized spacial score (nSPS) is 25.7. The van der Waals surface area contributed by atoms with Gasteiger partial charge in [-0.05, 0) is 56.2 Å². The molecule has 3 atom stereocenters. The molecule has 3 amide bonds. The molecule has 37 heavy (non-hydrogen) atoms. The van der Waals surface area contributed by atoms with E-state index in [9.17, 15) is 14.4 Å². The van der Waals surface area contributed by atoms with Gasteiger partial charge < -0.3 is 15.5 Å². The number of primary amides is 1. The summed E-state index contributed by atoms with van der Waals surface area (Å²) in [5, 5.41) is 0.266. The summed E-state index contributed by atoms with van der Waals surface area (Å²) in [5.41, 5.74) is 8.78. The van der Waals surface area contributed by atoms with Crippen LogP contribution in [0.3, 0.4) is 0 Å². The molecule has 7 heteroatoms. The van der Waals surface area contributed by atoms with Crippen molar-refractivity contribution < 1.29 is 14.4 Å². The van der Waals surface area contributed by atoms with Gasteiger partial charge >= 0.3 is 0 Å². The molecule has 0 spiro atoms.